The summed E-state index contributed by atoms with van der Waals surface area (Å²) < 4.78 is 142. The topological polar surface area (TPSA) is 9.23 Å². The maximum absolute atomic E-state index is 11.8. The van der Waals surface area contributed by atoms with Crippen molar-refractivity contribution in [2.75, 3.05) is 0 Å². The lowest BCUT2D eigenvalue weighted by Crippen LogP contribution is -2.69. The first-order chi connectivity index (χ1) is 7.46. The highest BCUT2D eigenvalue weighted by Gasteiger charge is 2.85. The fraction of sp³-hybridized carbons (Fsp3) is 1.00. The summed E-state index contributed by atoms with van der Waals surface area (Å²) in [7, 11) is -7.47. The van der Waals surface area contributed by atoms with Gasteiger partial charge >= 0.3 is 31.3 Å². The van der Waals surface area contributed by atoms with Crippen LogP contribution in [0.2, 0.25) is 0 Å². The van der Waals surface area contributed by atoms with Gasteiger partial charge in [-0.05, 0) is 0 Å². The standard InChI is InChI=1S/C4BF12O/c6-2(7,8)1(3(9,10)11,4(12,13)14)18-5(15,16)17/q-1. The highest BCUT2D eigenvalue weighted by molar-refractivity contribution is 6.51. The van der Waals surface area contributed by atoms with E-state index in [1.807, 2.05) is 0 Å². The van der Waals surface area contributed by atoms with Crippen LogP contribution in [0, 0.1) is 0 Å². The molecular formula is C4BF12O-. The zero-order valence-corrected chi connectivity index (χ0v) is 7.52. The molecule has 0 aromatic carbocycles. The van der Waals surface area contributed by atoms with E-state index in [2.05, 4.69) is 0 Å². The highest BCUT2D eigenvalue weighted by atomic mass is 19.4. The molecule has 0 amide bonds. The average molecular weight is 303 g/mol. The van der Waals surface area contributed by atoms with Gasteiger partial charge in [-0.15, -0.1) is 0 Å². The smallest absolute Gasteiger partial charge is 0.483 e. The molecule has 0 rings (SSSR count). The molecule has 0 saturated carbocycles. The van der Waals surface area contributed by atoms with Gasteiger partial charge in [-0.3, -0.25) is 0 Å². The van der Waals surface area contributed by atoms with Crippen molar-refractivity contribution in [1.82, 2.24) is 0 Å². The fourth-order valence-electron chi connectivity index (χ4n) is 0.883. The molecule has 0 heterocycles. The summed E-state index contributed by atoms with van der Waals surface area (Å²) in [6.07, 6.45) is -22.2. The minimum atomic E-state index is -7.47. The summed E-state index contributed by atoms with van der Waals surface area (Å²) >= 11 is 0. The maximum atomic E-state index is 11.8. The molecule has 0 atom stereocenters. The molecule has 0 aliphatic rings. The van der Waals surface area contributed by atoms with Gasteiger partial charge in [0, 0.05) is 0 Å². The van der Waals surface area contributed by atoms with Crippen LogP contribution in [0.5, 0.6) is 0 Å². The lowest BCUT2D eigenvalue weighted by Gasteiger charge is -2.42. The van der Waals surface area contributed by atoms with E-state index in [9.17, 15) is 52.5 Å². The molecule has 0 aromatic heterocycles. The van der Waals surface area contributed by atoms with E-state index in [1.165, 1.54) is 4.65 Å². The van der Waals surface area contributed by atoms with Crippen LogP contribution in [0.15, 0.2) is 0 Å². The number of hydrogen-bond acceptors (Lipinski definition) is 1. The predicted octanol–water partition coefficient (Wildman–Crippen LogP) is 3.77. The maximum Gasteiger partial charge on any atom is 0.638 e. The Hall–Kier alpha value is -0.815. The van der Waals surface area contributed by atoms with Crippen molar-refractivity contribution in [2.45, 2.75) is 24.1 Å². The third-order valence-corrected chi connectivity index (χ3v) is 1.51. The van der Waals surface area contributed by atoms with Crippen molar-refractivity contribution in [2.24, 2.45) is 0 Å². The Labute approximate surface area is 89.8 Å². The normalized spacial score (nSPS) is 16.0. The lowest BCUT2D eigenvalue weighted by atomic mass is 9.99. The van der Waals surface area contributed by atoms with Gasteiger partial charge in [-0.2, -0.15) is 39.5 Å². The second-order valence-electron chi connectivity index (χ2n) is 2.81. The number of halogens is 12. The monoisotopic (exact) mass is 303 g/mol. The third-order valence-electron chi connectivity index (χ3n) is 1.51. The molecule has 0 aromatic rings. The van der Waals surface area contributed by atoms with E-state index in [0.29, 0.717) is 0 Å². The van der Waals surface area contributed by atoms with Gasteiger partial charge in [0.2, 0.25) is 0 Å². The molecule has 0 saturated heterocycles. The second kappa shape index (κ2) is 4.10. The first-order valence-corrected chi connectivity index (χ1v) is 3.55. The first-order valence-electron chi connectivity index (χ1n) is 3.55. The number of alkyl halides is 9. The molecule has 0 aliphatic carbocycles. The number of rotatable bonds is 2. The Balaban J connectivity index is 6.10. The van der Waals surface area contributed by atoms with Crippen molar-refractivity contribution < 1.29 is 57.1 Å². The molecule has 0 bridgehead atoms. The van der Waals surface area contributed by atoms with Gasteiger partial charge in [0.15, 0.2) is 0 Å². The summed E-state index contributed by atoms with van der Waals surface area (Å²) in [4.78, 5) is 0. The van der Waals surface area contributed by atoms with Crippen molar-refractivity contribution in [3.8, 4) is 0 Å². The molecule has 0 radical (unpaired) electrons. The summed E-state index contributed by atoms with van der Waals surface area (Å²) in [6, 6.07) is 0. The Morgan fingerprint density at radius 3 is 0.833 bits per heavy atom. The Bertz CT molecular complexity index is 255. The Morgan fingerprint density at radius 1 is 0.556 bits per heavy atom. The van der Waals surface area contributed by atoms with Crippen LogP contribution in [-0.2, 0) is 4.65 Å². The minimum Gasteiger partial charge on any atom is -0.483 e. The first kappa shape index (κ1) is 17.2. The van der Waals surface area contributed by atoms with Crippen LogP contribution in [-0.4, -0.2) is 31.3 Å². The third kappa shape index (κ3) is 2.95. The van der Waals surface area contributed by atoms with Crippen LogP contribution in [0.3, 0.4) is 0 Å². The zero-order valence-electron chi connectivity index (χ0n) is 7.52. The quantitative estimate of drug-likeness (QED) is 0.557. The van der Waals surface area contributed by atoms with Gasteiger partial charge < -0.3 is 17.6 Å². The van der Waals surface area contributed by atoms with Crippen LogP contribution in [0.25, 0.3) is 0 Å². The lowest BCUT2D eigenvalue weighted by molar-refractivity contribution is -0.444. The average Bonchev–Trinajstić information content (AvgIpc) is 1.90. The van der Waals surface area contributed by atoms with E-state index in [-0.39, 0.29) is 0 Å². The van der Waals surface area contributed by atoms with Gasteiger partial charge in [-0.1, -0.05) is 0 Å². The summed E-state index contributed by atoms with van der Waals surface area (Å²) in [6.45, 7) is 0. The van der Waals surface area contributed by atoms with Gasteiger partial charge in [0.1, 0.15) is 0 Å². The molecule has 110 valence electrons. The molecule has 0 N–H and O–H groups in total. The van der Waals surface area contributed by atoms with E-state index in [0.717, 1.165) is 0 Å². The van der Waals surface area contributed by atoms with Crippen LogP contribution < -0.4 is 0 Å². The second-order valence-corrected chi connectivity index (χ2v) is 2.81. The van der Waals surface area contributed by atoms with E-state index in [4.69, 9.17) is 0 Å². The van der Waals surface area contributed by atoms with E-state index >= 15 is 0 Å². The summed E-state index contributed by atoms with van der Waals surface area (Å²) in [5, 5.41) is 0. The molecule has 1 nitrogen and oxygen atoms in total. The van der Waals surface area contributed by atoms with Gasteiger partial charge in [0.05, 0.1) is 0 Å². The molecule has 18 heavy (non-hydrogen) atoms. The van der Waals surface area contributed by atoms with Crippen molar-refractivity contribution in [1.29, 1.82) is 0 Å². The number of hydrogen-bond donors (Lipinski definition) is 0. The van der Waals surface area contributed by atoms with Crippen molar-refractivity contribution in [3.63, 3.8) is 0 Å². The molecule has 0 fully saturated rings. The Kier molecular flexibility index (Phi) is 3.91. The minimum absolute atomic E-state index is 1.41. The summed E-state index contributed by atoms with van der Waals surface area (Å²) in [5.74, 6) is 0. The highest BCUT2D eigenvalue weighted by Crippen LogP contribution is 2.56. The largest absolute Gasteiger partial charge is 0.638 e. The predicted molar refractivity (Wildman–Crippen MR) is 31.1 cm³/mol. The Morgan fingerprint density at radius 2 is 0.778 bits per heavy atom. The molecule has 0 spiro atoms. The molecule has 0 aliphatic heterocycles. The zero-order chi connectivity index (χ0) is 15.2. The molecular weight excluding hydrogens is 303 g/mol. The van der Waals surface area contributed by atoms with Crippen LogP contribution in [0.1, 0.15) is 0 Å². The van der Waals surface area contributed by atoms with Gasteiger partial charge in [0.25, 0.3) is 0 Å². The van der Waals surface area contributed by atoms with E-state index < -0.39 is 31.3 Å². The van der Waals surface area contributed by atoms with Crippen LogP contribution in [0.4, 0.5) is 52.5 Å². The fourth-order valence-corrected chi connectivity index (χ4v) is 0.883. The van der Waals surface area contributed by atoms with Gasteiger partial charge in [-0.25, -0.2) is 0 Å². The summed E-state index contributed by atoms with van der Waals surface area (Å²) in [5.41, 5.74) is -7.30. The SMILES string of the molecule is F[B-](F)(F)OC(C(F)(F)F)(C(F)(F)F)C(F)(F)F. The molecule has 14 heteroatoms. The van der Waals surface area contributed by atoms with Crippen molar-refractivity contribution >= 4 is 7.18 Å². The molecule has 0 unspecified atom stereocenters. The van der Waals surface area contributed by atoms with Crippen molar-refractivity contribution in [3.05, 3.63) is 0 Å². The van der Waals surface area contributed by atoms with E-state index in [1.54, 1.807) is 0 Å². The van der Waals surface area contributed by atoms with Crippen LogP contribution >= 0.6 is 0 Å².